The van der Waals surface area contributed by atoms with Crippen molar-refractivity contribution in [3.05, 3.63) is 23.8 Å². The van der Waals surface area contributed by atoms with Crippen LogP contribution in [0.2, 0.25) is 0 Å². The van der Waals surface area contributed by atoms with Gasteiger partial charge >= 0.3 is 5.97 Å². The van der Waals surface area contributed by atoms with E-state index >= 15 is 0 Å². The van der Waals surface area contributed by atoms with Crippen LogP contribution in [0.1, 0.15) is 29.6 Å². The lowest BCUT2D eigenvalue weighted by Crippen LogP contribution is -2.18. The smallest absolute Gasteiger partial charge is 0.337 e. The van der Waals surface area contributed by atoms with Crippen LogP contribution in [0.15, 0.2) is 18.2 Å². The number of aromatic carboxylic acids is 1. The van der Waals surface area contributed by atoms with Crippen LogP contribution in [0.5, 0.6) is 0 Å². The van der Waals surface area contributed by atoms with E-state index in [1.165, 1.54) is 12.5 Å². The van der Waals surface area contributed by atoms with Crippen LogP contribution in [0.4, 0.5) is 11.4 Å². The van der Waals surface area contributed by atoms with Gasteiger partial charge in [-0.15, -0.1) is 0 Å². The Labute approximate surface area is 111 Å². The molecule has 1 fully saturated rings. The molecule has 2 rings (SSSR count). The van der Waals surface area contributed by atoms with E-state index in [2.05, 4.69) is 11.6 Å². The van der Waals surface area contributed by atoms with Gasteiger partial charge in [0.2, 0.25) is 0 Å². The number of carbonyl (C=O) groups is 1. The van der Waals surface area contributed by atoms with E-state index < -0.39 is 5.97 Å². The molecule has 1 aliphatic carbocycles. The van der Waals surface area contributed by atoms with Crippen molar-refractivity contribution < 1.29 is 9.90 Å². The third-order valence-corrected chi connectivity index (χ3v) is 4.51. The number of thioether (sulfide) groups is 1. The highest BCUT2D eigenvalue weighted by Gasteiger charge is 2.24. The van der Waals surface area contributed by atoms with Gasteiger partial charge in [-0.2, -0.15) is 11.8 Å². The highest BCUT2D eigenvalue weighted by atomic mass is 32.2. The van der Waals surface area contributed by atoms with Gasteiger partial charge in [-0.3, -0.25) is 0 Å². The largest absolute Gasteiger partial charge is 0.478 e. The summed E-state index contributed by atoms with van der Waals surface area (Å²) >= 11 is 1.89. The number of nitrogen functional groups attached to an aromatic ring is 1. The van der Waals surface area contributed by atoms with Crippen LogP contribution in [-0.4, -0.2) is 28.6 Å². The summed E-state index contributed by atoms with van der Waals surface area (Å²) in [5.74, 6) is -0.982. The first-order valence-electron chi connectivity index (χ1n) is 6.03. The molecule has 1 aromatic carbocycles. The predicted molar refractivity (Wildman–Crippen MR) is 76.4 cm³/mol. The van der Waals surface area contributed by atoms with Crippen molar-refractivity contribution in [3.63, 3.8) is 0 Å². The minimum Gasteiger partial charge on any atom is -0.478 e. The van der Waals surface area contributed by atoms with E-state index in [-0.39, 0.29) is 5.56 Å². The highest BCUT2D eigenvalue weighted by Crippen LogP contribution is 2.32. The first-order valence-corrected chi connectivity index (χ1v) is 7.31. The van der Waals surface area contributed by atoms with Gasteiger partial charge in [-0.1, -0.05) is 6.07 Å². The zero-order chi connectivity index (χ0) is 13.1. The van der Waals surface area contributed by atoms with Gasteiger partial charge in [0, 0.05) is 11.3 Å². The fourth-order valence-corrected chi connectivity index (χ4v) is 3.18. The third-order valence-electron chi connectivity index (χ3n) is 3.41. The molecule has 4 nitrogen and oxygen atoms in total. The van der Waals surface area contributed by atoms with E-state index in [1.54, 1.807) is 6.07 Å². The Bertz CT molecular complexity index is 451. The molecule has 0 radical (unpaired) electrons. The average Bonchev–Trinajstić information content (AvgIpc) is 2.79. The summed E-state index contributed by atoms with van der Waals surface area (Å²) in [5, 5.41) is 13.1. The molecular formula is C13H18N2O2S. The molecule has 0 spiro atoms. The zero-order valence-corrected chi connectivity index (χ0v) is 11.2. The standard InChI is InChI=1S/C13H18N2O2S/c1-18-9-6-5-8(7-9)15-11-4-2-3-10(12(11)14)13(16)17/h2-4,8-9,15H,5-7,14H2,1H3,(H,16,17). The van der Waals surface area contributed by atoms with Crippen molar-refractivity contribution in [2.45, 2.75) is 30.6 Å². The summed E-state index contributed by atoms with van der Waals surface area (Å²) in [6.45, 7) is 0. The molecule has 0 heterocycles. The van der Waals surface area contributed by atoms with Crippen LogP contribution in [0.25, 0.3) is 0 Å². The number of nitrogens with one attached hydrogen (secondary N) is 1. The summed E-state index contributed by atoms with van der Waals surface area (Å²) in [4.78, 5) is 11.0. The molecule has 0 saturated heterocycles. The molecule has 1 aromatic rings. The topological polar surface area (TPSA) is 75.3 Å². The molecule has 4 N–H and O–H groups in total. The number of para-hydroxylation sites is 1. The Morgan fingerprint density at radius 1 is 1.50 bits per heavy atom. The van der Waals surface area contributed by atoms with Gasteiger partial charge < -0.3 is 16.2 Å². The van der Waals surface area contributed by atoms with Gasteiger partial charge in [-0.05, 0) is 37.7 Å². The monoisotopic (exact) mass is 266 g/mol. The highest BCUT2D eigenvalue weighted by molar-refractivity contribution is 7.99. The summed E-state index contributed by atoms with van der Waals surface area (Å²) < 4.78 is 0. The van der Waals surface area contributed by atoms with Gasteiger partial charge in [0.1, 0.15) is 0 Å². The number of nitrogens with two attached hydrogens (primary N) is 1. The first-order chi connectivity index (χ1) is 8.61. The second kappa shape index (κ2) is 5.52. The normalized spacial score (nSPS) is 22.9. The Kier molecular flexibility index (Phi) is 4.01. The summed E-state index contributed by atoms with van der Waals surface area (Å²) in [5.41, 5.74) is 7.12. The van der Waals surface area contributed by atoms with E-state index in [4.69, 9.17) is 10.8 Å². The minimum absolute atomic E-state index is 0.166. The second-order valence-electron chi connectivity index (χ2n) is 4.58. The van der Waals surface area contributed by atoms with Gasteiger partial charge in [0.15, 0.2) is 0 Å². The maximum Gasteiger partial charge on any atom is 0.337 e. The van der Waals surface area contributed by atoms with Crippen LogP contribution < -0.4 is 11.1 Å². The SMILES string of the molecule is CSC1CCC(Nc2cccc(C(=O)O)c2N)C1. The summed E-state index contributed by atoms with van der Waals surface area (Å²) in [6, 6.07) is 5.49. The molecule has 98 valence electrons. The second-order valence-corrected chi connectivity index (χ2v) is 5.72. The van der Waals surface area contributed by atoms with Crippen molar-refractivity contribution >= 4 is 29.1 Å². The van der Waals surface area contributed by atoms with Crippen LogP contribution in [-0.2, 0) is 0 Å². The fraction of sp³-hybridized carbons (Fsp3) is 0.462. The molecule has 0 aliphatic heterocycles. The van der Waals surface area contributed by atoms with Gasteiger partial charge in [0.25, 0.3) is 0 Å². The maximum atomic E-state index is 11.0. The summed E-state index contributed by atoms with van der Waals surface area (Å²) in [6.07, 6.45) is 5.56. The molecule has 1 saturated carbocycles. The van der Waals surface area contributed by atoms with Crippen molar-refractivity contribution in [3.8, 4) is 0 Å². The van der Waals surface area contributed by atoms with Crippen molar-refractivity contribution in [2.75, 3.05) is 17.3 Å². The van der Waals surface area contributed by atoms with Gasteiger partial charge in [-0.25, -0.2) is 4.79 Å². The lowest BCUT2D eigenvalue weighted by atomic mass is 10.1. The van der Waals surface area contributed by atoms with E-state index in [0.717, 1.165) is 18.5 Å². The molecular weight excluding hydrogens is 248 g/mol. The van der Waals surface area contributed by atoms with Crippen molar-refractivity contribution in [1.82, 2.24) is 0 Å². The average molecular weight is 266 g/mol. The Morgan fingerprint density at radius 2 is 2.28 bits per heavy atom. The lowest BCUT2D eigenvalue weighted by molar-refractivity contribution is 0.0698. The Balaban J connectivity index is 2.10. The van der Waals surface area contributed by atoms with E-state index in [0.29, 0.717) is 17.0 Å². The molecule has 5 heteroatoms. The number of rotatable bonds is 4. The third kappa shape index (κ3) is 2.72. The number of hydrogen-bond donors (Lipinski definition) is 3. The number of carboxylic acids is 1. The number of benzene rings is 1. The molecule has 2 atom stereocenters. The van der Waals surface area contributed by atoms with Crippen LogP contribution in [0.3, 0.4) is 0 Å². The molecule has 0 aromatic heterocycles. The number of carboxylic acid groups (broad SMARTS) is 1. The summed E-state index contributed by atoms with van der Waals surface area (Å²) in [7, 11) is 0. The minimum atomic E-state index is -0.982. The first kappa shape index (κ1) is 13.1. The van der Waals surface area contributed by atoms with E-state index in [1.807, 2.05) is 17.8 Å². The maximum absolute atomic E-state index is 11.0. The quantitative estimate of drug-likeness (QED) is 0.730. The molecule has 2 unspecified atom stereocenters. The molecule has 0 amide bonds. The number of hydrogen-bond acceptors (Lipinski definition) is 4. The zero-order valence-electron chi connectivity index (χ0n) is 10.3. The molecule has 1 aliphatic rings. The predicted octanol–water partition coefficient (Wildman–Crippen LogP) is 2.66. The van der Waals surface area contributed by atoms with E-state index in [9.17, 15) is 4.79 Å². The van der Waals surface area contributed by atoms with Crippen molar-refractivity contribution in [1.29, 1.82) is 0 Å². The molecule has 18 heavy (non-hydrogen) atoms. The van der Waals surface area contributed by atoms with Gasteiger partial charge in [0.05, 0.1) is 16.9 Å². The Morgan fingerprint density at radius 3 is 2.89 bits per heavy atom. The van der Waals surface area contributed by atoms with Crippen LogP contribution >= 0.6 is 11.8 Å². The fourth-order valence-electron chi connectivity index (χ4n) is 2.38. The lowest BCUT2D eigenvalue weighted by Gasteiger charge is -2.17. The Hall–Kier alpha value is -1.36. The van der Waals surface area contributed by atoms with Crippen molar-refractivity contribution in [2.24, 2.45) is 0 Å². The number of anilines is 2. The molecule has 0 bridgehead atoms. The van der Waals surface area contributed by atoms with Crippen LogP contribution in [0, 0.1) is 0 Å².